The van der Waals surface area contributed by atoms with E-state index in [9.17, 15) is 0 Å². The second-order valence-corrected chi connectivity index (χ2v) is 12.7. The average Bonchev–Trinajstić information content (AvgIpc) is 1.41. The zero-order valence-corrected chi connectivity index (χ0v) is 9.01. The standard InChI is InChI=1S/C2H6.2CH3.ClH.Sn.H/c1-2;;;;;/h1-2H3;2*1H3;1H;;/q;;;;+1;/p-1. The molecule has 40 valence electrons. The second-order valence-electron chi connectivity index (χ2n) is 1.01. The molecule has 0 spiro atoms. The van der Waals surface area contributed by atoms with Gasteiger partial charge in [0.2, 0.25) is 0 Å². The molecule has 0 aromatic rings. The normalized spacial score (nSPS) is 7.00. The van der Waals surface area contributed by atoms with Gasteiger partial charge in [-0.3, -0.25) is 0 Å². The van der Waals surface area contributed by atoms with Crippen molar-refractivity contribution < 1.29 is 0 Å². The maximum atomic E-state index is 5.48. The molecule has 0 fully saturated rings. The first-order valence-corrected chi connectivity index (χ1v) is 13.1. The molecule has 0 radical (unpaired) electrons. The first-order chi connectivity index (χ1) is 2.73. The van der Waals surface area contributed by atoms with Gasteiger partial charge in [-0.15, -0.1) is 0 Å². The van der Waals surface area contributed by atoms with Crippen molar-refractivity contribution in [3.05, 3.63) is 0 Å². The zero-order chi connectivity index (χ0) is 5.58. The third kappa shape index (κ3) is 71.8. The third-order valence-electron chi connectivity index (χ3n) is 0. The van der Waals surface area contributed by atoms with Crippen molar-refractivity contribution in [3.8, 4) is 0 Å². The fourth-order valence-corrected chi connectivity index (χ4v) is 0. The molecule has 0 aromatic carbocycles. The summed E-state index contributed by atoms with van der Waals surface area (Å²) in [6.07, 6.45) is 0. The van der Waals surface area contributed by atoms with Gasteiger partial charge in [-0.05, 0) is 0 Å². The molecule has 0 aromatic heterocycles. The van der Waals surface area contributed by atoms with Gasteiger partial charge in [0.15, 0.2) is 0 Å². The summed E-state index contributed by atoms with van der Waals surface area (Å²) in [5.41, 5.74) is 0. The molecular formula is C4H13ClSn. The second kappa shape index (κ2) is 9.43. The van der Waals surface area contributed by atoms with E-state index >= 15 is 0 Å². The van der Waals surface area contributed by atoms with Gasteiger partial charge in [0.1, 0.15) is 0 Å². The third-order valence-corrected chi connectivity index (χ3v) is 0. The SMILES string of the molecule is CC.[CH3][SnH]([CH3])[Cl]. The summed E-state index contributed by atoms with van der Waals surface area (Å²) in [7, 11) is 5.48. The van der Waals surface area contributed by atoms with Crippen LogP contribution in [0.3, 0.4) is 0 Å². The van der Waals surface area contributed by atoms with Gasteiger partial charge in [-0.25, -0.2) is 0 Å². The molecule has 0 saturated heterocycles. The Kier molecular flexibility index (Phi) is 16.0. The summed E-state index contributed by atoms with van der Waals surface area (Å²) in [5, 5.41) is 0. The Balaban J connectivity index is 0. The molecule has 0 bridgehead atoms. The van der Waals surface area contributed by atoms with Crippen LogP contribution in [0.2, 0.25) is 9.88 Å². The van der Waals surface area contributed by atoms with E-state index in [0.29, 0.717) is 0 Å². The summed E-state index contributed by atoms with van der Waals surface area (Å²) in [4.78, 5) is 4.28. The first kappa shape index (κ1) is 10.1. The molecule has 0 aliphatic heterocycles. The van der Waals surface area contributed by atoms with Crippen LogP contribution in [0.4, 0.5) is 0 Å². The molecule has 0 N–H and O–H groups in total. The minimum atomic E-state index is -1.16. The molecule has 2 heteroatoms. The van der Waals surface area contributed by atoms with Gasteiger partial charge in [0.25, 0.3) is 0 Å². The van der Waals surface area contributed by atoms with Crippen LogP contribution >= 0.6 is 8.92 Å². The molecule has 0 atom stereocenters. The van der Waals surface area contributed by atoms with Crippen LogP contribution in [0.5, 0.6) is 0 Å². The molecule has 6 heavy (non-hydrogen) atoms. The number of hydrogen-bond acceptors (Lipinski definition) is 0. The van der Waals surface area contributed by atoms with E-state index in [1.165, 1.54) is 0 Å². The Labute approximate surface area is 51.3 Å². The quantitative estimate of drug-likeness (QED) is 0.544. The molecule has 0 saturated carbocycles. The van der Waals surface area contributed by atoms with E-state index in [0.717, 1.165) is 0 Å². The van der Waals surface area contributed by atoms with Crippen LogP contribution in [-0.4, -0.2) is 18.6 Å². The van der Waals surface area contributed by atoms with Gasteiger partial charge < -0.3 is 0 Å². The van der Waals surface area contributed by atoms with Crippen molar-refractivity contribution in [1.29, 1.82) is 0 Å². The summed E-state index contributed by atoms with van der Waals surface area (Å²) < 4.78 is 0. The monoisotopic (exact) mass is 216 g/mol. The molecule has 0 aliphatic carbocycles. The van der Waals surface area contributed by atoms with Crippen LogP contribution in [0.25, 0.3) is 0 Å². The fourth-order valence-electron chi connectivity index (χ4n) is 0. The van der Waals surface area contributed by atoms with Gasteiger partial charge in [-0.1, -0.05) is 13.8 Å². The summed E-state index contributed by atoms with van der Waals surface area (Å²) in [5.74, 6) is 0. The van der Waals surface area contributed by atoms with E-state index in [4.69, 9.17) is 8.92 Å². The summed E-state index contributed by atoms with van der Waals surface area (Å²) in [6.45, 7) is 4.00. The van der Waals surface area contributed by atoms with Crippen molar-refractivity contribution >= 4 is 27.6 Å². The Morgan fingerprint density at radius 2 is 1.17 bits per heavy atom. The Morgan fingerprint density at radius 3 is 1.17 bits per heavy atom. The Hall–Kier alpha value is 1.09. The number of hydrogen-bond donors (Lipinski definition) is 0. The van der Waals surface area contributed by atoms with Gasteiger partial charge >= 0.3 is 37.4 Å². The maximum absolute atomic E-state index is 5.48. The minimum absolute atomic E-state index is 1.16. The van der Waals surface area contributed by atoms with E-state index < -0.39 is 18.6 Å². The predicted octanol–water partition coefficient (Wildman–Crippen LogP) is 2.23. The van der Waals surface area contributed by atoms with E-state index in [2.05, 4.69) is 9.88 Å². The summed E-state index contributed by atoms with van der Waals surface area (Å²) >= 11 is -1.16. The molecule has 0 amide bonds. The van der Waals surface area contributed by atoms with Gasteiger partial charge in [0, 0.05) is 0 Å². The van der Waals surface area contributed by atoms with E-state index in [1.54, 1.807) is 0 Å². The van der Waals surface area contributed by atoms with Crippen LogP contribution in [0.1, 0.15) is 13.8 Å². The van der Waals surface area contributed by atoms with Crippen LogP contribution in [0.15, 0.2) is 0 Å². The zero-order valence-electron chi connectivity index (χ0n) is 4.96. The molecular weight excluding hydrogens is 202 g/mol. The van der Waals surface area contributed by atoms with Gasteiger partial charge in [0.05, 0.1) is 0 Å². The van der Waals surface area contributed by atoms with Crippen molar-refractivity contribution in [2.24, 2.45) is 0 Å². The number of rotatable bonds is 0. The van der Waals surface area contributed by atoms with Crippen LogP contribution in [0, 0.1) is 0 Å². The van der Waals surface area contributed by atoms with Crippen molar-refractivity contribution in [3.63, 3.8) is 0 Å². The Bertz CT molecular complexity index is 12.3. The van der Waals surface area contributed by atoms with Crippen LogP contribution < -0.4 is 0 Å². The van der Waals surface area contributed by atoms with Crippen molar-refractivity contribution in [2.45, 2.75) is 23.7 Å². The van der Waals surface area contributed by atoms with Crippen molar-refractivity contribution in [1.82, 2.24) is 0 Å². The molecule has 0 unspecified atom stereocenters. The topological polar surface area (TPSA) is 0 Å². The van der Waals surface area contributed by atoms with Gasteiger partial charge in [-0.2, -0.15) is 0 Å². The van der Waals surface area contributed by atoms with E-state index in [-0.39, 0.29) is 0 Å². The Morgan fingerprint density at radius 1 is 1.17 bits per heavy atom. The van der Waals surface area contributed by atoms with E-state index in [1.807, 2.05) is 13.8 Å². The molecule has 0 rings (SSSR count). The fraction of sp³-hybridized carbons (Fsp3) is 1.00. The first-order valence-electron chi connectivity index (χ1n) is 2.37. The average molecular weight is 215 g/mol. The molecule has 0 nitrogen and oxygen atoms in total. The summed E-state index contributed by atoms with van der Waals surface area (Å²) in [6, 6.07) is 0. The van der Waals surface area contributed by atoms with Crippen molar-refractivity contribution in [2.75, 3.05) is 0 Å². The molecule has 0 heterocycles. The number of halogens is 1. The molecule has 0 aliphatic rings. The van der Waals surface area contributed by atoms with Crippen LogP contribution in [-0.2, 0) is 0 Å². The predicted molar refractivity (Wildman–Crippen MR) is 36.1 cm³/mol.